The standard InChI is InChI=1S/C19H13F2N/c20-15-5-3-4-12-7-8-13-10-14(17-6-1-2-9-22-17)11-16(21)19(13)18(12)15/h1-6,9-11H,7-8H2. The molecule has 0 radical (unpaired) electrons. The first-order chi connectivity index (χ1) is 10.7. The second-order valence-electron chi connectivity index (χ2n) is 5.48. The molecule has 3 aromatic rings. The van der Waals surface area contributed by atoms with Crippen molar-refractivity contribution in [3.8, 4) is 22.4 Å². The molecule has 1 heterocycles. The average molecular weight is 293 g/mol. The molecule has 1 nitrogen and oxygen atoms in total. The Morgan fingerprint density at radius 2 is 1.59 bits per heavy atom. The van der Waals surface area contributed by atoms with Gasteiger partial charge in [0.25, 0.3) is 0 Å². The SMILES string of the molecule is Fc1cccc2c1-c1c(F)cc(-c3ccccn3)cc1CC2. The normalized spacial score (nSPS) is 12.6. The number of hydrogen-bond acceptors (Lipinski definition) is 1. The Bertz CT molecular complexity index is 857. The van der Waals surface area contributed by atoms with Crippen LogP contribution in [0.4, 0.5) is 8.78 Å². The Balaban J connectivity index is 1.94. The monoisotopic (exact) mass is 293 g/mol. The van der Waals surface area contributed by atoms with Gasteiger partial charge in [0.15, 0.2) is 0 Å². The first-order valence-corrected chi connectivity index (χ1v) is 7.25. The molecule has 1 aliphatic carbocycles. The number of fused-ring (bicyclic) bond motifs is 3. The van der Waals surface area contributed by atoms with E-state index in [1.807, 2.05) is 30.3 Å². The minimum Gasteiger partial charge on any atom is -0.256 e. The Labute approximate surface area is 127 Å². The lowest BCUT2D eigenvalue weighted by Crippen LogP contribution is -2.08. The Hall–Kier alpha value is -2.55. The topological polar surface area (TPSA) is 12.9 Å². The lowest BCUT2D eigenvalue weighted by molar-refractivity contribution is 0.610. The lowest BCUT2D eigenvalue weighted by Gasteiger charge is -2.21. The highest BCUT2D eigenvalue weighted by Gasteiger charge is 2.23. The van der Waals surface area contributed by atoms with Gasteiger partial charge in [0.2, 0.25) is 0 Å². The quantitative estimate of drug-likeness (QED) is 0.628. The number of nitrogens with zero attached hydrogens (tertiary/aromatic N) is 1. The second-order valence-corrected chi connectivity index (χ2v) is 5.48. The van der Waals surface area contributed by atoms with Gasteiger partial charge in [-0.2, -0.15) is 0 Å². The highest BCUT2D eigenvalue weighted by molar-refractivity contribution is 5.77. The largest absolute Gasteiger partial charge is 0.256 e. The van der Waals surface area contributed by atoms with Crippen LogP contribution < -0.4 is 0 Å². The van der Waals surface area contributed by atoms with Gasteiger partial charge in [-0.05, 0) is 54.3 Å². The second kappa shape index (κ2) is 5.02. The molecule has 0 unspecified atom stereocenters. The van der Waals surface area contributed by atoms with Gasteiger partial charge >= 0.3 is 0 Å². The smallest absolute Gasteiger partial charge is 0.132 e. The molecule has 1 aromatic heterocycles. The molecule has 22 heavy (non-hydrogen) atoms. The molecule has 1 aliphatic rings. The van der Waals surface area contributed by atoms with E-state index in [4.69, 9.17) is 0 Å². The van der Waals surface area contributed by atoms with E-state index in [1.54, 1.807) is 12.3 Å². The van der Waals surface area contributed by atoms with E-state index in [-0.39, 0.29) is 11.6 Å². The Morgan fingerprint density at radius 3 is 2.41 bits per heavy atom. The van der Waals surface area contributed by atoms with Crippen LogP contribution in [0.15, 0.2) is 54.7 Å². The van der Waals surface area contributed by atoms with Crippen LogP contribution in [-0.2, 0) is 12.8 Å². The summed E-state index contributed by atoms with van der Waals surface area (Å²) in [5, 5.41) is 0. The van der Waals surface area contributed by atoms with Crippen molar-refractivity contribution in [2.45, 2.75) is 12.8 Å². The number of aryl methyl sites for hydroxylation is 2. The van der Waals surface area contributed by atoms with Crippen molar-refractivity contribution >= 4 is 0 Å². The number of halogens is 2. The molecule has 4 rings (SSSR count). The van der Waals surface area contributed by atoms with Crippen LogP contribution >= 0.6 is 0 Å². The molecule has 0 spiro atoms. The van der Waals surface area contributed by atoms with Crippen LogP contribution in [-0.4, -0.2) is 4.98 Å². The summed E-state index contributed by atoms with van der Waals surface area (Å²) in [7, 11) is 0. The minimum absolute atomic E-state index is 0.358. The summed E-state index contributed by atoms with van der Waals surface area (Å²) < 4.78 is 28.9. The van der Waals surface area contributed by atoms with Crippen molar-refractivity contribution in [1.29, 1.82) is 0 Å². The summed E-state index contributed by atoms with van der Waals surface area (Å²) in [6.45, 7) is 0. The molecule has 0 N–H and O–H groups in total. The van der Waals surface area contributed by atoms with E-state index >= 15 is 0 Å². The van der Waals surface area contributed by atoms with E-state index in [2.05, 4.69) is 4.98 Å². The zero-order valence-corrected chi connectivity index (χ0v) is 11.8. The van der Waals surface area contributed by atoms with E-state index < -0.39 is 0 Å². The molecule has 0 fully saturated rings. The number of benzene rings is 2. The fourth-order valence-electron chi connectivity index (χ4n) is 3.15. The van der Waals surface area contributed by atoms with Crippen molar-refractivity contribution in [2.24, 2.45) is 0 Å². The van der Waals surface area contributed by atoms with Gasteiger partial charge in [0.05, 0.1) is 5.69 Å². The zero-order valence-electron chi connectivity index (χ0n) is 11.8. The third-order valence-electron chi connectivity index (χ3n) is 4.15. The summed E-state index contributed by atoms with van der Waals surface area (Å²) in [6.07, 6.45) is 3.12. The summed E-state index contributed by atoms with van der Waals surface area (Å²) in [6, 6.07) is 13.8. The van der Waals surface area contributed by atoms with Crippen LogP contribution in [0.3, 0.4) is 0 Å². The average Bonchev–Trinajstić information content (AvgIpc) is 2.55. The third kappa shape index (κ3) is 2.01. The van der Waals surface area contributed by atoms with Crippen molar-refractivity contribution in [3.05, 3.63) is 77.5 Å². The maximum atomic E-state index is 14.7. The minimum atomic E-state index is -0.385. The number of hydrogen-bond donors (Lipinski definition) is 0. The molecule has 3 heteroatoms. The third-order valence-corrected chi connectivity index (χ3v) is 4.15. The first kappa shape index (κ1) is 13.1. The number of pyridine rings is 1. The summed E-state index contributed by atoms with van der Waals surface area (Å²) >= 11 is 0. The Morgan fingerprint density at radius 1 is 0.773 bits per heavy atom. The van der Waals surface area contributed by atoms with Gasteiger partial charge in [-0.25, -0.2) is 8.78 Å². The van der Waals surface area contributed by atoms with Crippen LogP contribution in [0.25, 0.3) is 22.4 Å². The maximum absolute atomic E-state index is 14.7. The number of rotatable bonds is 1. The predicted octanol–water partition coefficient (Wildman–Crippen LogP) is 4.79. The van der Waals surface area contributed by atoms with Gasteiger partial charge < -0.3 is 0 Å². The molecular weight excluding hydrogens is 280 g/mol. The highest BCUT2D eigenvalue weighted by atomic mass is 19.1. The van der Waals surface area contributed by atoms with Crippen LogP contribution in [0.2, 0.25) is 0 Å². The van der Waals surface area contributed by atoms with E-state index in [0.29, 0.717) is 17.5 Å². The van der Waals surface area contributed by atoms with Crippen LogP contribution in [0.5, 0.6) is 0 Å². The maximum Gasteiger partial charge on any atom is 0.132 e. The Kier molecular flexibility index (Phi) is 3.00. The highest BCUT2D eigenvalue weighted by Crippen LogP contribution is 2.39. The zero-order chi connectivity index (χ0) is 15.1. The van der Waals surface area contributed by atoms with Gasteiger partial charge in [-0.3, -0.25) is 4.98 Å². The van der Waals surface area contributed by atoms with Crippen molar-refractivity contribution in [3.63, 3.8) is 0 Å². The molecule has 0 aliphatic heterocycles. The summed E-state index contributed by atoms with van der Waals surface area (Å²) in [5.41, 5.74) is 3.99. The van der Waals surface area contributed by atoms with Crippen molar-refractivity contribution in [2.75, 3.05) is 0 Å². The summed E-state index contributed by atoms with van der Waals surface area (Å²) in [5.74, 6) is -0.743. The van der Waals surface area contributed by atoms with Gasteiger partial charge in [0.1, 0.15) is 11.6 Å². The molecule has 0 saturated carbocycles. The van der Waals surface area contributed by atoms with E-state index in [0.717, 1.165) is 28.8 Å². The molecule has 0 amide bonds. The fraction of sp³-hybridized carbons (Fsp3) is 0.105. The van der Waals surface area contributed by atoms with E-state index in [1.165, 1.54) is 12.1 Å². The lowest BCUT2D eigenvalue weighted by atomic mass is 9.84. The van der Waals surface area contributed by atoms with Gasteiger partial charge in [-0.1, -0.05) is 18.2 Å². The fourth-order valence-corrected chi connectivity index (χ4v) is 3.15. The van der Waals surface area contributed by atoms with E-state index in [9.17, 15) is 8.78 Å². The van der Waals surface area contributed by atoms with Crippen molar-refractivity contribution < 1.29 is 8.78 Å². The van der Waals surface area contributed by atoms with Gasteiger partial charge in [0, 0.05) is 22.9 Å². The molecule has 108 valence electrons. The van der Waals surface area contributed by atoms with Crippen LogP contribution in [0, 0.1) is 11.6 Å². The van der Waals surface area contributed by atoms with Crippen LogP contribution in [0.1, 0.15) is 11.1 Å². The van der Waals surface area contributed by atoms with Crippen molar-refractivity contribution in [1.82, 2.24) is 4.98 Å². The van der Waals surface area contributed by atoms with Gasteiger partial charge in [-0.15, -0.1) is 0 Å². The summed E-state index contributed by atoms with van der Waals surface area (Å²) in [4.78, 5) is 4.26. The molecule has 0 atom stereocenters. The first-order valence-electron chi connectivity index (χ1n) is 7.25. The molecule has 2 aromatic carbocycles. The molecular formula is C19H13F2N. The number of aromatic nitrogens is 1. The molecule has 0 bridgehead atoms. The predicted molar refractivity (Wildman–Crippen MR) is 82.4 cm³/mol. The molecule has 0 saturated heterocycles.